The molecule has 5 nitrogen and oxygen atoms in total. The Labute approximate surface area is 138 Å². The van der Waals surface area contributed by atoms with Crippen LogP contribution in [0.25, 0.3) is 0 Å². The van der Waals surface area contributed by atoms with Crippen molar-refractivity contribution in [3.05, 3.63) is 30.3 Å². The van der Waals surface area contributed by atoms with Crippen LogP contribution >= 0.6 is 0 Å². The third-order valence-corrected chi connectivity index (χ3v) is 4.13. The highest BCUT2D eigenvalue weighted by Crippen LogP contribution is 2.39. The summed E-state index contributed by atoms with van der Waals surface area (Å²) in [4.78, 5) is 14.0. The van der Waals surface area contributed by atoms with Gasteiger partial charge in [0.05, 0.1) is 19.2 Å². The van der Waals surface area contributed by atoms with Gasteiger partial charge in [-0.15, -0.1) is 0 Å². The van der Waals surface area contributed by atoms with E-state index in [1.54, 1.807) is 0 Å². The largest absolute Gasteiger partial charge is 0.494 e. The highest BCUT2D eigenvalue weighted by molar-refractivity contribution is 5.79. The Morgan fingerprint density at radius 3 is 2.74 bits per heavy atom. The van der Waals surface area contributed by atoms with E-state index in [4.69, 9.17) is 4.74 Å². The lowest BCUT2D eigenvalue weighted by Gasteiger charge is -2.24. The Morgan fingerprint density at radius 2 is 2.13 bits per heavy atom. The van der Waals surface area contributed by atoms with Gasteiger partial charge in [-0.1, -0.05) is 18.2 Å². The summed E-state index contributed by atoms with van der Waals surface area (Å²) in [6.45, 7) is 3.51. The monoisotopic (exact) mass is 315 g/mol. The fourth-order valence-corrected chi connectivity index (χ4v) is 2.58. The predicted molar refractivity (Wildman–Crippen MR) is 88.9 cm³/mol. The van der Waals surface area contributed by atoms with Crippen molar-refractivity contribution in [2.24, 2.45) is 5.92 Å². The van der Waals surface area contributed by atoms with Gasteiger partial charge in [0.25, 0.3) is 0 Å². The van der Waals surface area contributed by atoms with Gasteiger partial charge < -0.3 is 10.1 Å². The Kier molecular flexibility index (Phi) is 6.00. The van der Waals surface area contributed by atoms with Crippen molar-refractivity contribution in [3.8, 4) is 11.8 Å². The molecule has 1 aromatic rings. The van der Waals surface area contributed by atoms with Crippen LogP contribution < -0.4 is 10.1 Å². The number of likely N-dealkylation sites (N-methyl/N-ethyl adjacent to an activating group) is 1. The smallest absolute Gasteiger partial charge is 0.235 e. The molecule has 0 bridgehead atoms. The number of nitriles is 1. The number of amides is 1. The molecule has 0 heterocycles. The summed E-state index contributed by atoms with van der Waals surface area (Å²) in [7, 11) is 1.91. The predicted octanol–water partition coefficient (Wildman–Crippen LogP) is 2.20. The second kappa shape index (κ2) is 7.98. The van der Waals surface area contributed by atoms with Crippen molar-refractivity contribution >= 4 is 5.91 Å². The van der Waals surface area contributed by atoms with Crippen LogP contribution in [0, 0.1) is 17.2 Å². The van der Waals surface area contributed by atoms with E-state index in [9.17, 15) is 10.1 Å². The average molecular weight is 315 g/mol. The molecule has 1 aliphatic carbocycles. The maximum atomic E-state index is 12.1. The molecule has 1 atom stereocenters. The number of carbonyl (C=O) groups excluding carboxylic acids is 1. The lowest BCUT2D eigenvalue weighted by Crippen LogP contribution is -2.49. The number of ether oxygens (including phenoxy) is 1. The van der Waals surface area contributed by atoms with Gasteiger partial charge >= 0.3 is 0 Å². The van der Waals surface area contributed by atoms with Crippen LogP contribution in [-0.4, -0.2) is 43.1 Å². The van der Waals surface area contributed by atoms with Crippen LogP contribution in [0.4, 0.5) is 0 Å². The van der Waals surface area contributed by atoms with E-state index >= 15 is 0 Å². The second-order valence-corrected chi connectivity index (χ2v) is 6.39. The molecule has 1 aromatic carbocycles. The molecule has 0 aliphatic heterocycles. The summed E-state index contributed by atoms with van der Waals surface area (Å²) < 4.78 is 5.63. The Balaban J connectivity index is 1.63. The number of nitrogens with zero attached hydrogens (tertiary/aromatic N) is 2. The zero-order valence-electron chi connectivity index (χ0n) is 13.9. The fraction of sp³-hybridized carbons (Fsp3) is 0.556. The highest BCUT2D eigenvalue weighted by Gasteiger charge is 2.42. The molecule has 124 valence electrons. The van der Waals surface area contributed by atoms with Crippen molar-refractivity contribution in [2.45, 2.75) is 31.7 Å². The Bertz CT molecular complexity index is 551. The molecule has 1 fully saturated rings. The van der Waals surface area contributed by atoms with E-state index < -0.39 is 5.54 Å². The molecule has 0 aromatic heterocycles. The zero-order valence-corrected chi connectivity index (χ0v) is 13.9. The number of rotatable bonds is 9. The van der Waals surface area contributed by atoms with E-state index in [1.807, 2.05) is 49.2 Å². The zero-order chi connectivity index (χ0) is 16.7. The van der Waals surface area contributed by atoms with Crippen LogP contribution in [0.3, 0.4) is 0 Å². The van der Waals surface area contributed by atoms with Crippen LogP contribution in [-0.2, 0) is 4.79 Å². The number of para-hydroxylation sites is 1. The third-order valence-electron chi connectivity index (χ3n) is 4.13. The average Bonchev–Trinajstić information content (AvgIpc) is 3.37. The van der Waals surface area contributed by atoms with Gasteiger partial charge in [0.1, 0.15) is 11.3 Å². The van der Waals surface area contributed by atoms with E-state index in [2.05, 4.69) is 11.4 Å². The highest BCUT2D eigenvalue weighted by atomic mass is 16.5. The first-order chi connectivity index (χ1) is 11.0. The molecular weight excluding hydrogens is 290 g/mol. The normalized spacial score (nSPS) is 16.4. The molecule has 0 radical (unpaired) electrons. The SMILES string of the molecule is CN(CCCOc1ccccc1)CC(=O)NC(C)(C#N)C1CC1. The van der Waals surface area contributed by atoms with Gasteiger partial charge in [-0.25, -0.2) is 0 Å². The molecular formula is C18H25N3O2. The van der Waals surface area contributed by atoms with Crippen molar-refractivity contribution in [1.82, 2.24) is 10.2 Å². The molecule has 1 saturated carbocycles. The van der Waals surface area contributed by atoms with Crippen LogP contribution in [0.5, 0.6) is 5.75 Å². The van der Waals surface area contributed by atoms with E-state index in [0.29, 0.717) is 19.1 Å². The van der Waals surface area contributed by atoms with Crippen molar-refractivity contribution in [2.75, 3.05) is 26.7 Å². The van der Waals surface area contributed by atoms with Crippen LogP contribution in [0.2, 0.25) is 0 Å². The summed E-state index contributed by atoms with van der Waals surface area (Å²) in [5.41, 5.74) is -0.714. The number of nitrogens with one attached hydrogen (secondary N) is 1. The number of benzene rings is 1. The molecule has 1 amide bonds. The molecule has 0 saturated heterocycles. The Hall–Kier alpha value is -2.06. The second-order valence-electron chi connectivity index (χ2n) is 6.39. The standard InChI is InChI=1S/C18H25N3O2/c1-18(14-19,15-9-10-15)20-17(22)13-21(2)11-6-12-23-16-7-4-3-5-8-16/h3-5,7-8,15H,6,9-13H2,1-2H3,(H,20,22). The maximum absolute atomic E-state index is 12.1. The number of hydrogen-bond donors (Lipinski definition) is 1. The van der Waals surface area contributed by atoms with Gasteiger partial charge in [0.15, 0.2) is 0 Å². The van der Waals surface area contributed by atoms with E-state index in [1.165, 1.54) is 0 Å². The summed E-state index contributed by atoms with van der Waals surface area (Å²) >= 11 is 0. The minimum absolute atomic E-state index is 0.0903. The maximum Gasteiger partial charge on any atom is 0.235 e. The number of hydrogen-bond acceptors (Lipinski definition) is 4. The first-order valence-electron chi connectivity index (χ1n) is 8.12. The summed E-state index contributed by atoms with van der Waals surface area (Å²) in [6, 6.07) is 11.9. The topological polar surface area (TPSA) is 65.4 Å². The molecule has 2 rings (SSSR count). The van der Waals surface area contributed by atoms with Crippen LogP contribution in [0.1, 0.15) is 26.2 Å². The van der Waals surface area contributed by atoms with Crippen molar-refractivity contribution in [3.63, 3.8) is 0 Å². The first kappa shape index (κ1) is 17.3. The van der Waals surface area contributed by atoms with Gasteiger partial charge in [-0.2, -0.15) is 5.26 Å². The molecule has 1 aliphatic rings. The lowest BCUT2D eigenvalue weighted by atomic mass is 9.98. The fourth-order valence-electron chi connectivity index (χ4n) is 2.58. The number of carbonyl (C=O) groups is 1. The quantitative estimate of drug-likeness (QED) is 0.710. The summed E-state index contributed by atoms with van der Waals surface area (Å²) in [6.07, 6.45) is 2.89. The molecule has 5 heteroatoms. The van der Waals surface area contributed by atoms with Crippen molar-refractivity contribution in [1.29, 1.82) is 5.26 Å². The summed E-state index contributed by atoms with van der Waals surface area (Å²) in [5, 5.41) is 12.1. The minimum atomic E-state index is -0.714. The van der Waals surface area contributed by atoms with Crippen molar-refractivity contribution < 1.29 is 9.53 Å². The van der Waals surface area contributed by atoms with Crippen LogP contribution in [0.15, 0.2) is 30.3 Å². The van der Waals surface area contributed by atoms with E-state index in [0.717, 1.165) is 31.6 Å². The van der Waals surface area contributed by atoms with Gasteiger partial charge in [-0.05, 0) is 51.3 Å². The lowest BCUT2D eigenvalue weighted by molar-refractivity contribution is -0.123. The van der Waals surface area contributed by atoms with Gasteiger partial charge in [0.2, 0.25) is 5.91 Å². The first-order valence-corrected chi connectivity index (χ1v) is 8.12. The molecule has 1 unspecified atom stereocenters. The summed E-state index contributed by atoms with van der Waals surface area (Å²) in [5.74, 6) is 1.08. The van der Waals surface area contributed by atoms with Gasteiger partial charge in [-0.3, -0.25) is 9.69 Å². The molecule has 1 N–H and O–H groups in total. The van der Waals surface area contributed by atoms with E-state index in [-0.39, 0.29) is 5.91 Å². The minimum Gasteiger partial charge on any atom is -0.494 e. The third kappa shape index (κ3) is 5.57. The molecule has 23 heavy (non-hydrogen) atoms. The molecule has 0 spiro atoms. The Morgan fingerprint density at radius 1 is 1.43 bits per heavy atom. The van der Waals surface area contributed by atoms with Gasteiger partial charge in [0, 0.05) is 6.54 Å².